The summed E-state index contributed by atoms with van der Waals surface area (Å²) < 4.78 is 14.1. The van der Waals surface area contributed by atoms with Crippen molar-refractivity contribution in [2.45, 2.75) is 19.9 Å². The largest absolute Gasteiger partial charge is 0.367 e. The van der Waals surface area contributed by atoms with Crippen LogP contribution in [0.25, 0.3) is 0 Å². The number of amides is 1. The zero-order chi connectivity index (χ0) is 25.8. The van der Waals surface area contributed by atoms with Crippen LogP contribution in [0.3, 0.4) is 0 Å². The SMILES string of the molecule is CCc1ccc(C(=O)N2CCN(c3nc(CN4CCN(c5ccccc5F)CC4)cc(=O)[nH]3)CC2)cc1. The van der Waals surface area contributed by atoms with Gasteiger partial charge in [-0.3, -0.25) is 19.5 Å². The van der Waals surface area contributed by atoms with Gasteiger partial charge >= 0.3 is 0 Å². The number of anilines is 2. The van der Waals surface area contributed by atoms with Crippen LogP contribution >= 0.6 is 0 Å². The number of halogens is 1. The molecule has 0 radical (unpaired) electrons. The van der Waals surface area contributed by atoms with Crippen LogP contribution in [0.1, 0.15) is 28.5 Å². The van der Waals surface area contributed by atoms with E-state index in [1.165, 1.54) is 11.6 Å². The summed E-state index contributed by atoms with van der Waals surface area (Å²) >= 11 is 0. The first-order chi connectivity index (χ1) is 18.0. The number of carbonyl (C=O) groups is 1. The maximum Gasteiger partial charge on any atom is 0.253 e. The molecule has 0 spiro atoms. The van der Waals surface area contributed by atoms with Gasteiger partial charge in [-0.1, -0.05) is 31.2 Å². The van der Waals surface area contributed by atoms with E-state index in [2.05, 4.69) is 21.7 Å². The van der Waals surface area contributed by atoms with E-state index in [1.54, 1.807) is 12.1 Å². The van der Waals surface area contributed by atoms with Gasteiger partial charge in [-0.2, -0.15) is 0 Å². The number of piperazine rings is 2. The lowest BCUT2D eigenvalue weighted by atomic mass is 10.1. The van der Waals surface area contributed by atoms with Crippen LogP contribution in [-0.4, -0.2) is 78.0 Å². The molecule has 0 unspecified atom stereocenters. The van der Waals surface area contributed by atoms with Gasteiger partial charge in [0.25, 0.3) is 11.5 Å². The summed E-state index contributed by atoms with van der Waals surface area (Å²) in [5.74, 6) is 0.381. The molecule has 1 aromatic heterocycles. The maximum absolute atomic E-state index is 14.1. The van der Waals surface area contributed by atoms with Crippen LogP contribution in [0, 0.1) is 5.82 Å². The van der Waals surface area contributed by atoms with Gasteiger partial charge in [-0.15, -0.1) is 0 Å². The summed E-state index contributed by atoms with van der Waals surface area (Å²) in [5.41, 5.74) is 3.08. The Hall–Kier alpha value is -3.72. The van der Waals surface area contributed by atoms with Crippen molar-refractivity contribution in [3.8, 4) is 0 Å². The minimum absolute atomic E-state index is 0.0343. The molecule has 3 heterocycles. The number of benzene rings is 2. The predicted octanol–water partition coefficient (Wildman–Crippen LogP) is 2.76. The average Bonchev–Trinajstić information content (AvgIpc) is 2.93. The van der Waals surface area contributed by atoms with Crippen molar-refractivity contribution in [1.29, 1.82) is 0 Å². The Bertz CT molecular complexity index is 1280. The van der Waals surface area contributed by atoms with E-state index >= 15 is 0 Å². The van der Waals surface area contributed by atoms with E-state index in [9.17, 15) is 14.0 Å². The minimum atomic E-state index is -0.201. The van der Waals surface area contributed by atoms with Crippen LogP contribution in [0.15, 0.2) is 59.4 Å². The molecular weight excluding hydrogens is 471 g/mol. The number of para-hydroxylation sites is 1. The molecule has 194 valence electrons. The smallest absolute Gasteiger partial charge is 0.253 e. The molecule has 0 atom stereocenters. The molecule has 2 fully saturated rings. The second-order valence-electron chi connectivity index (χ2n) is 9.60. The van der Waals surface area contributed by atoms with Crippen LogP contribution in [0.4, 0.5) is 16.0 Å². The number of aryl methyl sites for hydroxylation is 1. The van der Waals surface area contributed by atoms with E-state index in [0.717, 1.165) is 19.5 Å². The Balaban J connectivity index is 1.17. The van der Waals surface area contributed by atoms with Crippen molar-refractivity contribution < 1.29 is 9.18 Å². The van der Waals surface area contributed by atoms with E-state index in [4.69, 9.17) is 4.98 Å². The van der Waals surface area contributed by atoms with Gasteiger partial charge in [0.1, 0.15) is 5.82 Å². The van der Waals surface area contributed by atoms with Crippen LogP contribution in [-0.2, 0) is 13.0 Å². The van der Waals surface area contributed by atoms with Crippen LogP contribution in [0.2, 0.25) is 0 Å². The Morgan fingerprint density at radius 3 is 2.27 bits per heavy atom. The summed E-state index contributed by atoms with van der Waals surface area (Å²) in [6, 6.07) is 16.2. The number of carbonyl (C=O) groups excluding carboxylic acids is 1. The van der Waals surface area contributed by atoms with E-state index in [1.807, 2.05) is 46.2 Å². The van der Waals surface area contributed by atoms with Gasteiger partial charge in [0.05, 0.1) is 11.4 Å². The summed E-state index contributed by atoms with van der Waals surface area (Å²) in [4.78, 5) is 41.1. The third-order valence-corrected chi connectivity index (χ3v) is 7.21. The fourth-order valence-corrected chi connectivity index (χ4v) is 5.00. The number of H-pyrrole nitrogens is 1. The van der Waals surface area contributed by atoms with Crippen molar-refractivity contribution >= 4 is 17.5 Å². The van der Waals surface area contributed by atoms with Crippen molar-refractivity contribution in [2.75, 3.05) is 62.2 Å². The number of aromatic nitrogens is 2. The van der Waals surface area contributed by atoms with E-state index in [0.29, 0.717) is 68.7 Å². The zero-order valence-electron chi connectivity index (χ0n) is 21.2. The summed E-state index contributed by atoms with van der Waals surface area (Å²) in [7, 11) is 0. The highest BCUT2D eigenvalue weighted by Crippen LogP contribution is 2.21. The van der Waals surface area contributed by atoms with Crippen LogP contribution < -0.4 is 15.4 Å². The van der Waals surface area contributed by atoms with Gasteiger partial charge in [0.15, 0.2) is 0 Å². The summed E-state index contributed by atoms with van der Waals surface area (Å²) in [6.07, 6.45) is 0.946. The molecule has 2 aromatic carbocycles. The van der Waals surface area contributed by atoms with Crippen molar-refractivity contribution in [1.82, 2.24) is 19.8 Å². The van der Waals surface area contributed by atoms with Gasteiger partial charge in [0.2, 0.25) is 5.95 Å². The molecule has 1 amide bonds. The second kappa shape index (κ2) is 11.1. The molecule has 2 saturated heterocycles. The monoisotopic (exact) mass is 504 g/mol. The zero-order valence-corrected chi connectivity index (χ0v) is 21.2. The highest BCUT2D eigenvalue weighted by Gasteiger charge is 2.24. The van der Waals surface area contributed by atoms with Crippen molar-refractivity contribution in [3.05, 3.63) is 87.6 Å². The van der Waals surface area contributed by atoms with E-state index < -0.39 is 0 Å². The van der Waals surface area contributed by atoms with Gasteiger partial charge < -0.3 is 14.7 Å². The fraction of sp³-hybridized carbons (Fsp3) is 0.393. The minimum Gasteiger partial charge on any atom is -0.367 e. The topological polar surface area (TPSA) is 75.8 Å². The van der Waals surface area contributed by atoms with Crippen molar-refractivity contribution in [3.63, 3.8) is 0 Å². The molecule has 9 heteroatoms. The summed E-state index contributed by atoms with van der Waals surface area (Å²) in [5, 5.41) is 0. The molecule has 0 aliphatic carbocycles. The molecule has 8 nitrogen and oxygen atoms in total. The normalized spacial score (nSPS) is 16.8. The first kappa shape index (κ1) is 25.0. The molecule has 2 aliphatic rings. The molecule has 2 aliphatic heterocycles. The van der Waals surface area contributed by atoms with Gasteiger partial charge in [0, 0.05) is 70.5 Å². The molecule has 5 rings (SSSR count). The Kier molecular flexibility index (Phi) is 7.50. The molecule has 1 N–H and O–H groups in total. The second-order valence-corrected chi connectivity index (χ2v) is 9.60. The average molecular weight is 505 g/mol. The first-order valence-electron chi connectivity index (χ1n) is 13.0. The molecular formula is C28H33FN6O2. The summed E-state index contributed by atoms with van der Waals surface area (Å²) in [6.45, 7) is 7.96. The lowest BCUT2D eigenvalue weighted by molar-refractivity contribution is 0.0746. The van der Waals surface area contributed by atoms with Gasteiger partial charge in [-0.05, 0) is 36.2 Å². The number of hydrogen-bond acceptors (Lipinski definition) is 6. The fourth-order valence-electron chi connectivity index (χ4n) is 5.00. The van der Waals surface area contributed by atoms with Crippen molar-refractivity contribution in [2.24, 2.45) is 0 Å². The van der Waals surface area contributed by atoms with E-state index in [-0.39, 0.29) is 17.3 Å². The number of rotatable bonds is 6. The highest BCUT2D eigenvalue weighted by molar-refractivity contribution is 5.94. The quantitative estimate of drug-likeness (QED) is 0.557. The third kappa shape index (κ3) is 5.83. The molecule has 37 heavy (non-hydrogen) atoms. The lowest BCUT2D eigenvalue weighted by Crippen LogP contribution is -2.49. The Morgan fingerprint density at radius 1 is 0.919 bits per heavy atom. The van der Waals surface area contributed by atoms with Crippen LogP contribution in [0.5, 0.6) is 0 Å². The highest BCUT2D eigenvalue weighted by atomic mass is 19.1. The molecule has 0 bridgehead atoms. The maximum atomic E-state index is 14.1. The molecule has 0 saturated carbocycles. The Labute approximate surface area is 216 Å². The standard InChI is InChI=1S/C28H33FN6O2/c1-2-21-7-9-22(10-8-21)27(37)34-15-17-35(18-16-34)28-30-23(19-26(36)31-28)20-32-11-13-33(14-12-32)25-6-4-3-5-24(25)29/h3-10,19H,2,11-18,20H2,1H3,(H,30,31,36). The first-order valence-corrected chi connectivity index (χ1v) is 13.0. The number of nitrogens with one attached hydrogen (secondary N) is 1. The molecule has 3 aromatic rings. The number of nitrogens with zero attached hydrogens (tertiary/aromatic N) is 5. The predicted molar refractivity (Wildman–Crippen MR) is 143 cm³/mol. The Morgan fingerprint density at radius 2 is 1.59 bits per heavy atom. The third-order valence-electron chi connectivity index (χ3n) is 7.21. The van der Waals surface area contributed by atoms with Gasteiger partial charge in [-0.25, -0.2) is 9.37 Å². The lowest BCUT2D eigenvalue weighted by Gasteiger charge is -2.36. The number of hydrogen-bond donors (Lipinski definition) is 1. The number of aromatic amines is 1.